The Bertz CT molecular complexity index is 1360. The number of hydrogen-bond acceptors (Lipinski definition) is 9. The fourth-order valence-electron chi connectivity index (χ4n) is 6.22. The Hall–Kier alpha value is -3.67. The number of cyclic esters (lactones) is 1. The van der Waals surface area contributed by atoms with Crippen LogP contribution in [0.5, 0.6) is 0 Å². The molecule has 0 bridgehead atoms. The smallest absolute Gasteiger partial charge is 0.414 e. The zero-order valence-corrected chi connectivity index (χ0v) is 23.6. The summed E-state index contributed by atoms with van der Waals surface area (Å²) in [6, 6.07) is 14.5. The number of piperidine rings is 1. The maximum absolute atomic E-state index is 14.9. The number of hydrogen-bond donors (Lipinski definition) is 0. The van der Waals surface area contributed by atoms with Crippen LogP contribution in [-0.4, -0.2) is 86.9 Å². The van der Waals surface area contributed by atoms with Crippen LogP contribution in [0.2, 0.25) is 5.02 Å². The molecule has 11 nitrogen and oxygen atoms in total. The molecule has 0 radical (unpaired) electrons. The maximum atomic E-state index is 14.9. The number of amides is 2. The summed E-state index contributed by atoms with van der Waals surface area (Å²) >= 11 is 6.40. The van der Waals surface area contributed by atoms with Crippen molar-refractivity contribution >= 4 is 52.3 Å². The molecule has 2 aromatic carbocycles. The number of nitrogens with zero attached hydrogens (tertiary/aromatic N) is 5. The second kappa shape index (κ2) is 11.3. The highest BCUT2D eigenvalue weighted by molar-refractivity contribution is 6.40. The van der Waals surface area contributed by atoms with Crippen molar-refractivity contribution in [2.24, 2.45) is 11.0 Å². The number of esters is 1. The molecule has 2 unspecified atom stereocenters. The first-order valence-corrected chi connectivity index (χ1v) is 14.3. The van der Waals surface area contributed by atoms with Crippen LogP contribution in [0.25, 0.3) is 0 Å². The van der Waals surface area contributed by atoms with Gasteiger partial charge < -0.3 is 19.1 Å². The van der Waals surface area contributed by atoms with Gasteiger partial charge in [0.25, 0.3) is 5.91 Å². The van der Waals surface area contributed by atoms with E-state index < -0.39 is 17.6 Å². The van der Waals surface area contributed by atoms with Gasteiger partial charge in [-0.1, -0.05) is 17.7 Å². The summed E-state index contributed by atoms with van der Waals surface area (Å²) in [6.07, 6.45) is 0.862. The SMILES string of the molecule is CCOC(=O)C1=NN(c2cccc(Cl)c2)C2(N3CCOCC3)C(=O)N(c3ccc(N4CCCOC4=O)cc3)CCC12. The molecule has 3 saturated heterocycles. The number of rotatable bonds is 6. The van der Waals surface area contributed by atoms with Gasteiger partial charge in [0, 0.05) is 42.6 Å². The third kappa shape index (κ3) is 4.71. The predicted octanol–water partition coefficient (Wildman–Crippen LogP) is 3.51. The summed E-state index contributed by atoms with van der Waals surface area (Å²) < 4.78 is 16.3. The summed E-state index contributed by atoms with van der Waals surface area (Å²) in [6.45, 7) is 5.17. The topological polar surface area (TPSA) is 104 Å². The van der Waals surface area contributed by atoms with E-state index in [9.17, 15) is 14.4 Å². The molecular formula is C29H32ClN5O6. The summed E-state index contributed by atoms with van der Waals surface area (Å²) in [5, 5.41) is 6.95. The number of carbonyl (C=O) groups is 3. The number of anilines is 3. The standard InChI is InChI=1S/C29H32ClN5O6/c1-2-40-26(36)25-24-11-13-33(21-7-9-22(10-8-21)34-12-4-16-41-28(34)38)27(37)29(24,32-14-17-39-18-15-32)35(31-25)23-6-3-5-20(30)19-23/h3,5-10,19,24H,2,4,11-18H2,1H3. The third-order valence-corrected chi connectivity index (χ3v) is 8.26. The highest BCUT2D eigenvalue weighted by Crippen LogP contribution is 2.47. The highest BCUT2D eigenvalue weighted by atomic mass is 35.5. The molecule has 0 saturated carbocycles. The van der Waals surface area contributed by atoms with Crippen molar-refractivity contribution in [3.05, 3.63) is 53.6 Å². The van der Waals surface area contributed by atoms with Crippen molar-refractivity contribution in [2.75, 3.05) is 67.4 Å². The number of carbonyl (C=O) groups excluding carboxylic acids is 3. The van der Waals surface area contributed by atoms with Gasteiger partial charge in [0.2, 0.25) is 5.66 Å². The second-order valence-corrected chi connectivity index (χ2v) is 10.7. The molecule has 2 atom stereocenters. The average Bonchev–Trinajstić information content (AvgIpc) is 3.36. The molecule has 4 heterocycles. The zero-order chi connectivity index (χ0) is 28.6. The average molecular weight is 582 g/mol. The van der Waals surface area contributed by atoms with Gasteiger partial charge in [0.15, 0.2) is 5.71 Å². The van der Waals surface area contributed by atoms with Gasteiger partial charge in [0.05, 0.1) is 38.0 Å². The van der Waals surface area contributed by atoms with Gasteiger partial charge in [-0.05, 0) is 62.2 Å². The minimum absolute atomic E-state index is 0.198. The molecule has 6 rings (SSSR count). The van der Waals surface area contributed by atoms with Crippen LogP contribution < -0.4 is 14.8 Å². The molecule has 216 valence electrons. The molecule has 0 aromatic heterocycles. The number of morpholine rings is 1. The van der Waals surface area contributed by atoms with E-state index in [1.165, 1.54) is 0 Å². The fraction of sp³-hybridized carbons (Fsp3) is 0.448. The fourth-order valence-corrected chi connectivity index (χ4v) is 6.40. The van der Waals surface area contributed by atoms with E-state index in [1.807, 2.05) is 30.3 Å². The molecule has 0 N–H and O–H groups in total. The molecule has 0 spiro atoms. The lowest BCUT2D eigenvalue weighted by molar-refractivity contribution is -0.140. The first-order chi connectivity index (χ1) is 19.9. The normalized spacial score (nSPS) is 25.1. The van der Waals surface area contributed by atoms with Crippen LogP contribution >= 0.6 is 11.6 Å². The molecule has 3 fully saturated rings. The second-order valence-electron chi connectivity index (χ2n) is 10.3. The van der Waals surface area contributed by atoms with E-state index >= 15 is 0 Å². The van der Waals surface area contributed by atoms with Crippen molar-refractivity contribution in [1.82, 2.24) is 4.90 Å². The van der Waals surface area contributed by atoms with Gasteiger partial charge in [-0.2, -0.15) is 5.10 Å². The Labute approximate surface area is 243 Å². The van der Waals surface area contributed by atoms with Crippen molar-refractivity contribution < 1.29 is 28.6 Å². The Morgan fingerprint density at radius 1 is 1.00 bits per heavy atom. The number of ether oxygens (including phenoxy) is 3. The molecule has 4 aliphatic rings. The van der Waals surface area contributed by atoms with Crippen molar-refractivity contribution in [3.8, 4) is 0 Å². The van der Waals surface area contributed by atoms with Crippen LogP contribution in [-0.2, 0) is 23.8 Å². The van der Waals surface area contributed by atoms with Gasteiger partial charge in [0.1, 0.15) is 0 Å². The number of fused-ring (bicyclic) bond motifs is 1. The highest BCUT2D eigenvalue weighted by Gasteiger charge is 2.65. The van der Waals surface area contributed by atoms with Crippen LogP contribution in [0.1, 0.15) is 19.8 Å². The van der Waals surface area contributed by atoms with E-state index in [0.29, 0.717) is 74.5 Å². The first kappa shape index (κ1) is 27.5. The lowest BCUT2D eigenvalue weighted by atomic mass is 9.79. The molecular weight excluding hydrogens is 550 g/mol. The summed E-state index contributed by atoms with van der Waals surface area (Å²) in [5.41, 5.74) is 0.890. The predicted molar refractivity (Wildman–Crippen MR) is 153 cm³/mol. The Morgan fingerprint density at radius 3 is 2.41 bits per heavy atom. The Morgan fingerprint density at radius 2 is 1.73 bits per heavy atom. The Kier molecular flexibility index (Phi) is 7.58. The summed E-state index contributed by atoms with van der Waals surface area (Å²) in [4.78, 5) is 45.8. The number of benzene rings is 2. The van der Waals surface area contributed by atoms with E-state index in [2.05, 4.69) is 4.90 Å². The minimum Gasteiger partial charge on any atom is -0.461 e. The molecule has 2 amide bonds. The van der Waals surface area contributed by atoms with Crippen molar-refractivity contribution in [2.45, 2.75) is 25.4 Å². The van der Waals surface area contributed by atoms with Gasteiger partial charge in [-0.15, -0.1) is 0 Å². The van der Waals surface area contributed by atoms with Crippen LogP contribution in [0.4, 0.5) is 21.9 Å². The van der Waals surface area contributed by atoms with Gasteiger partial charge >= 0.3 is 12.1 Å². The maximum Gasteiger partial charge on any atom is 0.414 e. The minimum atomic E-state index is -1.33. The van der Waals surface area contributed by atoms with E-state index in [4.69, 9.17) is 30.9 Å². The number of halogens is 1. The van der Waals surface area contributed by atoms with Crippen LogP contribution in [0.3, 0.4) is 0 Å². The van der Waals surface area contributed by atoms with E-state index in [0.717, 1.165) is 6.42 Å². The van der Waals surface area contributed by atoms with Crippen molar-refractivity contribution in [3.63, 3.8) is 0 Å². The first-order valence-electron chi connectivity index (χ1n) is 14.0. The van der Waals surface area contributed by atoms with Crippen LogP contribution in [0.15, 0.2) is 53.6 Å². The monoisotopic (exact) mass is 581 g/mol. The Balaban J connectivity index is 1.42. The summed E-state index contributed by atoms with van der Waals surface area (Å²) in [5.74, 6) is -1.27. The van der Waals surface area contributed by atoms with Crippen molar-refractivity contribution in [1.29, 1.82) is 0 Å². The van der Waals surface area contributed by atoms with E-state index in [1.54, 1.807) is 39.9 Å². The summed E-state index contributed by atoms with van der Waals surface area (Å²) in [7, 11) is 0. The van der Waals surface area contributed by atoms with Gasteiger partial charge in [-0.25, -0.2) is 14.6 Å². The molecule has 0 aliphatic carbocycles. The molecule has 41 heavy (non-hydrogen) atoms. The largest absolute Gasteiger partial charge is 0.461 e. The van der Waals surface area contributed by atoms with Crippen LogP contribution in [0, 0.1) is 5.92 Å². The molecule has 2 aromatic rings. The van der Waals surface area contributed by atoms with Gasteiger partial charge in [-0.3, -0.25) is 14.6 Å². The lowest BCUT2D eigenvalue weighted by Gasteiger charge is -2.53. The number of hydrazone groups is 1. The molecule has 12 heteroatoms. The lowest BCUT2D eigenvalue weighted by Crippen LogP contribution is -2.74. The third-order valence-electron chi connectivity index (χ3n) is 8.02. The molecule has 4 aliphatic heterocycles. The quantitative estimate of drug-likeness (QED) is 0.478. The van der Waals surface area contributed by atoms with E-state index in [-0.39, 0.29) is 24.3 Å². The zero-order valence-electron chi connectivity index (χ0n) is 22.8.